The molecule has 1 aliphatic carbocycles. The largest absolute Gasteiger partial charge is 0.339 e. The maximum Gasteiger partial charge on any atom is 0.232 e. The van der Waals surface area contributed by atoms with Crippen LogP contribution in [-0.4, -0.2) is 35.8 Å². The number of hydrogen-bond acceptors (Lipinski definition) is 2. The van der Waals surface area contributed by atoms with Crippen LogP contribution < -0.4 is 4.90 Å². The monoisotopic (exact) mass is 300 g/mol. The average Bonchev–Trinajstić information content (AvgIpc) is 3.18. The fourth-order valence-electron chi connectivity index (χ4n) is 3.76. The van der Waals surface area contributed by atoms with Crippen molar-refractivity contribution < 1.29 is 9.59 Å². The molecule has 1 saturated heterocycles. The number of nitrogens with zero attached hydrogens (tertiary/aromatic N) is 2. The van der Waals surface area contributed by atoms with Crippen LogP contribution in [0, 0.1) is 5.92 Å². The average molecular weight is 300 g/mol. The summed E-state index contributed by atoms with van der Waals surface area (Å²) in [5.74, 6) is 0.0603. The SMILES string of the molecule is CCN(C(=O)[C@H]1CC(=O)N(C2CCCC2)C1)c1ccccc1. The number of hydrogen-bond donors (Lipinski definition) is 0. The van der Waals surface area contributed by atoms with Crippen LogP contribution in [0.5, 0.6) is 0 Å². The zero-order chi connectivity index (χ0) is 15.5. The minimum absolute atomic E-state index is 0.0857. The van der Waals surface area contributed by atoms with E-state index in [0.717, 1.165) is 18.5 Å². The molecule has 0 spiro atoms. The van der Waals surface area contributed by atoms with Crippen molar-refractivity contribution in [1.29, 1.82) is 0 Å². The van der Waals surface area contributed by atoms with Gasteiger partial charge in [-0.05, 0) is 31.9 Å². The first-order valence-electron chi connectivity index (χ1n) is 8.36. The quantitative estimate of drug-likeness (QED) is 0.858. The minimum atomic E-state index is -0.187. The molecule has 1 aromatic rings. The Morgan fingerprint density at radius 3 is 2.55 bits per heavy atom. The van der Waals surface area contributed by atoms with Gasteiger partial charge in [0, 0.05) is 31.2 Å². The number of carbonyl (C=O) groups excluding carboxylic acids is 2. The summed E-state index contributed by atoms with van der Waals surface area (Å²) in [5, 5.41) is 0. The van der Waals surface area contributed by atoms with Gasteiger partial charge in [-0.15, -0.1) is 0 Å². The minimum Gasteiger partial charge on any atom is -0.339 e. The number of carbonyl (C=O) groups is 2. The molecule has 1 heterocycles. The summed E-state index contributed by atoms with van der Waals surface area (Å²) in [6, 6.07) is 10.1. The van der Waals surface area contributed by atoms with Gasteiger partial charge in [0.25, 0.3) is 0 Å². The van der Waals surface area contributed by atoms with Gasteiger partial charge < -0.3 is 9.80 Å². The third-order valence-electron chi connectivity index (χ3n) is 4.92. The van der Waals surface area contributed by atoms with Crippen molar-refractivity contribution in [3.63, 3.8) is 0 Å². The molecule has 1 atom stereocenters. The van der Waals surface area contributed by atoms with Crippen molar-refractivity contribution in [3.8, 4) is 0 Å². The Bertz CT molecular complexity index is 537. The van der Waals surface area contributed by atoms with Crippen LogP contribution in [-0.2, 0) is 9.59 Å². The van der Waals surface area contributed by atoms with Gasteiger partial charge in [0.2, 0.25) is 11.8 Å². The molecule has 2 amide bonds. The number of anilines is 1. The lowest BCUT2D eigenvalue weighted by Gasteiger charge is -2.26. The molecule has 1 aromatic carbocycles. The molecule has 0 unspecified atom stereocenters. The summed E-state index contributed by atoms with van der Waals surface area (Å²) in [6.07, 6.45) is 4.99. The molecule has 0 N–H and O–H groups in total. The predicted molar refractivity (Wildman–Crippen MR) is 86.5 cm³/mol. The molecule has 2 aliphatic rings. The Hall–Kier alpha value is -1.84. The summed E-state index contributed by atoms with van der Waals surface area (Å²) in [6.45, 7) is 3.22. The molecular weight excluding hydrogens is 276 g/mol. The Morgan fingerprint density at radius 2 is 1.91 bits per heavy atom. The van der Waals surface area contributed by atoms with E-state index in [-0.39, 0.29) is 17.7 Å². The van der Waals surface area contributed by atoms with Gasteiger partial charge in [-0.1, -0.05) is 31.0 Å². The Labute approximate surface area is 132 Å². The summed E-state index contributed by atoms with van der Waals surface area (Å²) < 4.78 is 0. The van der Waals surface area contributed by atoms with Crippen LogP contribution in [0.15, 0.2) is 30.3 Å². The molecule has 4 nitrogen and oxygen atoms in total. The molecular formula is C18H24N2O2. The zero-order valence-corrected chi connectivity index (χ0v) is 13.2. The number of likely N-dealkylation sites (tertiary alicyclic amines) is 1. The van der Waals surface area contributed by atoms with Crippen molar-refractivity contribution in [1.82, 2.24) is 4.90 Å². The second-order valence-electron chi connectivity index (χ2n) is 6.30. The van der Waals surface area contributed by atoms with Gasteiger partial charge in [-0.3, -0.25) is 9.59 Å². The van der Waals surface area contributed by atoms with E-state index < -0.39 is 0 Å². The van der Waals surface area contributed by atoms with Crippen molar-refractivity contribution in [3.05, 3.63) is 30.3 Å². The molecule has 1 saturated carbocycles. The topological polar surface area (TPSA) is 40.6 Å². The molecule has 3 rings (SSSR count). The molecule has 0 bridgehead atoms. The molecule has 2 fully saturated rings. The Balaban J connectivity index is 1.71. The van der Waals surface area contributed by atoms with Crippen LogP contribution in [0.3, 0.4) is 0 Å². The van der Waals surface area contributed by atoms with E-state index in [2.05, 4.69) is 0 Å². The highest BCUT2D eigenvalue weighted by atomic mass is 16.2. The third kappa shape index (κ3) is 2.87. The first kappa shape index (κ1) is 15.1. The smallest absolute Gasteiger partial charge is 0.232 e. The third-order valence-corrected chi connectivity index (χ3v) is 4.92. The Morgan fingerprint density at radius 1 is 1.23 bits per heavy atom. The lowest BCUT2D eigenvalue weighted by molar-refractivity contribution is -0.130. The van der Waals surface area contributed by atoms with Gasteiger partial charge >= 0.3 is 0 Å². The van der Waals surface area contributed by atoms with E-state index in [0.29, 0.717) is 25.6 Å². The van der Waals surface area contributed by atoms with Gasteiger partial charge in [0.05, 0.1) is 5.92 Å². The lowest BCUT2D eigenvalue weighted by atomic mass is 10.1. The summed E-state index contributed by atoms with van der Waals surface area (Å²) >= 11 is 0. The maximum absolute atomic E-state index is 12.8. The molecule has 1 aliphatic heterocycles. The molecule has 0 radical (unpaired) electrons. The van der Waals surface area contributed by atoms with Crippen LogP contribution in [0.25, 0.3) is 0 Å². The van der Waals surface area contributed by atoms with E-state index in [1.54, 1.807) is 4.90 Å². The van der Waals surface area contributed by atoms with E-state index in [4.69, 9.17) is 0 Å². The highest BCUT2D eigenvalue weighted by molar-refractivity contribution is 5.99. The van der Waals surface area contributed by atoms with E-state index in [1.165, 1.54) is 12.8 Å². The standard InChI is InChI=1S/C18H24N2O2/c1-2-19(15-8-4-3-5-9-15)18(22)14-12-17(21)20(13-14)16-10-6-7-11-16/h3-5,8-9,14,16H,2,6-7,10-13H2,1H3/t14-/m0/s1. The highest BCUT2D eigenvalue weighted by Gasteiger charge is 2.40. The predicted octanol–water partition coefficient (Wildman–Crippen LogP) is 2.83. The van der Waals surface area contributed by atoms with Crippen molar-refractivity contribution >= 4 is 17.5 Å². The first-order valence-corrected chi connectivity index (χ1v) is 8.36. The number of para-hydroxylation sites is 1. The molecule has 22 heavy (non-hydrogen) atoms. The van der Waals surface area contributed by atoms with Gasteiger partial charge in [-0.25, -0.2) is 0 Å². The normalized spacial score (nSPS) is 22.3. The number of rotatable bonds is 4. The zero-order valence-electron chi connectivity index (χ0n) is 13.2. The van der Waals surface area contributed by atoms with Crippen LogP contribution in [0.2, 0.25) is 0 Å². The highest BCUT2D eigenvalue weighted by Crippen LogP contribution is 2.30. The van der Waals surface area contributed by atoms with Crippen LogP contribution in [0.4, 0.5) is 5.69 Å². The summed E-state index contributed by atoms with van der Waals surface area (Å²) in [5.41, 5.74) is 0.918. The Kier molecular flexibility index (Phi) is 4.46. The fourth-order valence-corrected chi connectivity index (χ4v) is 3.76. The van der Waals surface area contributed by atoms with E-state index in [1.807, 2.05) is 42.2 Å². The van der Waals surface area contributed by atoms with Gasteiger partial charge in [0.15, 0.2) is 0 Å². The lowest BCUT2D eigenvalue weighted by Crippen LogP contribution is -2.39. The number of benzene rings is 1. The van der Waals surface area contributed by atoms with Gasteiger partial charge in [-0.2, -0.15) is 0 Å². The maximum atomic E-state index is 12.8. The second-order valence-corrected chi connectivity index (χ2v) is 6.30. The summed E-state index contributed by atoms with van der Waals surface area (Å²) in [4.78, 5) is 28.9. The van der Waals surface area contributed by atoms with Crippen molar-refractivity contribution in [2.45, 2.75) is 45.1 Å². The molecule has 4 heteroatoms. The van der Waals surface area contributed by atoms with Crippen LogP contribution >= 0.6 is 0 Å². The van der Waals surface area contributed by atoms with E-state index >= 15 is 0 Å². The van der Waals surface area contributed by atoms with Crippen molar-refractivity contribution in [2.75, 3.05) is 18.0 Å². The fraction of sp³-hybridized carbons (Fsp3) is 0.556. The van der Waals surface area contributed by atoms with Crippen molar-refractivity contribution in [2.24, 2.45) is 5.92 Å². The molecule has 118 valence electrons. The summed E-state index contributed by atoms with van der Waals surface area (Å²) in [7, 11) is 0. The van der Waals surface area contributed by atoms with Gasteiger partial charge in [0.1, 0.15) is 0 Å². The molecule has 0 aromatic heterocycles. The van der Waals surface area contributed by atoms with Crippen LogP contribution in [0.1, 0.15) is 39.0 Å². The number of amides is 2. The second kappa shape index (κ2) is 6.51. The van der Waals surface area contributed by atoms with E-state index in [9.17, 15) is 9.59 Å². The first-order chi connectivity index (χ1) is 10.7.